The molecule has 44 heavy (non-hydrogen) atoms. The van der Waals surface area contributed by atoms with E-state index in [0.29, 0.717) is 46.2 Å². The van der Waals surface area contributed by atoms with E-state index in [-0.39, 0.29) is 18.8 Å². The minimum absolute atomic E-state index is 0.0359. The van der Waals surface area contributed by atoms with Crippen LogP contribution in [-0.2, 0) is 27.4 Å². The fourth-order valence-corrected chi connectivity index (χ4v) is 5.68. The van der Waals surface area contributed by atoms with E-state index in [1.54, 1.807) is 7.11 Å². The Morgan fingerprint density at radius 2 is 1.59 bits per heavy atom. The van der Waals surface area contributed by atoms with Gasteiger partial charge in [0.25, 0.3) is 0 Å². The van der Waals surface area contributed by atoms with Crippen LogP contribution >= 0.6 is 0 Å². The minimum Gasteiger partial charge on any atom is -0.494 e. The average Bonchev–Trinajstić information content (AvgIpc) is 3.08. The number of hydrogen-bond donors (Lipinski definition) is 1. The Bertz CT molecular complexity index is 1400. The topological polar surface area (TPSA) is 69.6 Å². The molecule has 1 fully saturated rings. The van der Waals surface area contributed by atoms with Crippen molar-refractivity contribution in [3.8, 4) is 11.5 Å². The molecule has 0 spiro atoms. The molecule has 0 aliphatic carbocycles. The lowest BCUT2D eigenvalue weighted by molar-refractivity contribution is -0.0442. The van der Waals surface area contributed by atoms with Crippen molar-refractivity contribution >= 4 is 10.8 Å². The summed E-state index contributed by atoms with van der Waals surface area (Å²) >= 11 is 0. The van der Waals surface area contributed by atoms with Crippen molar-refractivity contribution in [3.05, 3.63) is 108 Å². The second-order valence-electron chi connectivity index (χ2n) is 11.3. The number of aliphatic hydroxyl groups is 1. The van der Waals surface area contributed by atoms with Crippen LogP contribution in [0.25, 0.3) is 10.8 Å². The van der Waals surface area contributed by atoms with Crippen molar-refractivity contribution in [2.24, 2.45) is 0 Å². The highest BCUT2D eigenvalue weighted by atomic mass is 16.5. The fraction of sp³-hybridized carbons (Fsp3) is 0.405. The molecule has 1 heterocycles. The first-order chi connectivity index (χ1) is 21.7. The molecule has 0 radical (unpaired) electrons. The van der Waals surface area contributed by atoms with Gasteiger partial charge in [-0.15, -0.1) is 0 Å². The number of benzene rings is 4. The van der Waals surface area contributed by atoms with Gasteiger partial charge in [-0.25, -0.2) is 0 Å². The molecule has 2 unspecified atom stereocenters. The van der Waals surface area contributed by atoms with Gasteiger partial charge >= 0.3 is 0 Å². The Morgan fingerprint density at radius 1 is 0.773 bits per heavy atom. The van der Waals surface area contributed by atoms with Gasteiger partial charge in [-0.2, -0.15) is 0 Å². The number of hydrogen-bond acceptors (Lipinski definition) is 7. The van der Waals surface area contributed by atoms with Gasteiger partial charge in [-0.1, -0.05) is 66.7 Å². The van der Waals surface area contributed by atoms with Crippen LogP contribution in [0.15, 0.2) is 91.0 Å². The summed E-state index contributed by atoms with van der Waals surface area (Å²) in [5.41, 5.74) is 3.51. The Kier molecular flexibility index (Phi) is 12.4. The van der Waals surface area contributed by atoms with E-state index in [1.807, 2.05) is 47.4 Å². The Hall–Kier alpha value is -3.46. The lowest BCUT2D eigenvalue weighted by atomic mass is 9.87. The van der Waals surface area contributed by atoms with Crippen molar-refractivity contribution in [3.63, 3.8) is 0 Å². The van der Waals surface area contributed by atoms with E-state index in [9.17, 15) is 5.11 Å². The number of fused-ring (bicyclic) bond motifs is 1. The van der Waals surface area contributed by atoms with Crippen molar-refractivity contribution in [2.75, 3.05) is 53.4 Å². The number of piperidine rings is 1. The zero-order valence-electron chi connectivity index (χ0n) is 25.7. The molecule has 234 valence electrons. The summed E-state index contributed by atoms with van der Waals surface area (Å²) in [6.07, 6.45) is 2.56. The monoisotopic (exact) mass is 599 g/mol. The Balaban J connectivity index is 1.15. The highest BCUT2D eigenvalue weighted by Gasteiger charge is 2.31. The van der Waals surface area contributed by atoms with Crippen LogP contribution in [0.3, 0.4) is 0 Å². The zero-order valence-corrected chi connectivity index (χ0v) is 25.7. The van der Waals surface area contributed by atoms with E-state index >= 15 is 0 Å². The molecule has 7 heteroatoms. The molecular formula is C37H45NO6. The normalized spacial score (nSPS) is 17.1. The lowest BCUT2D eigenvalue weighted by Gasteiger charge is -2.37. The summed E-state index contributed by atoms with van der Waals surface area (Å²) in [4.78, 5) is 2.05. The molecule has 5 rings (SSSR count). The van der Waals surface area contributed by atoms with E-state index in [0.717, 1.165) is 53.6 Å². The standard InChI is InChI=1S/C37H45NO6/c1-40-20-6-23-43-36-11-5-10-31-13-12-30(24-35(31)36)27-44-37-25-38(28-39)19-18-34(37)32-14-16-33(17-15-32)42-22-7-21-41-26-29-8-3-2-4-9-29/h2-5,8-17,24,34,37,39H,6-7,18-23,25-28H2,1H3. The predicted octanol–water partition coefficient (Wildman–Crippen LogP) is 6.57. The number of ether oxygens (including phenoxy) is 5. The van der Waals surface area contributed by atoms with E-state index in [4.69, 9.17) is 23.7 Å². The van der Waals surface area contributed by atoms with E-state index in [2.05, 4.69) is 48.5 Å². The molecule has 7 nitrogen and oxygen atoms in total. The third-order valence-electron chi connectivity index (χ3n) is 8.09. The first kappa shape index (κ1) is 31.9. The van der Waals surface area contributed by atoms with Crippen molar-refractivity contribution in [2.45, 2.75) is 44.5 Å². The number of rotatable bonds is 17. The summed E-state index contributed by atoms with van der Waals surface area (Å²) in [6, 6.07) is 31.2. The van der Waals surface area contributed by atoms with Gasteiger partial charge in [0.2, 0.25) is 0 Å². The molecule has 2 atom stereocenters. The minimum atomic E-state index is -0.0410. The van der Waals surface area contributed by atoms with Crippen molar-refractivity contribution in [1.29, 1.82) is 0 Å². The van der Waals surface area contributed by atoms with Gasteiger partial charge in [0, 0.05) is 51.0 Å². The van der Waals surface area contributed by atoms with Gasteiger partial charge in [-0.3, -0.25) is 4.90 Å². The second-order valence-corrected chi connectivity index (χ2v) is 11.3. The highest BCUT2D eigenvalue weighted by molar-refractivity contribution is 5.88. The number of methoxy groups -OCH3 is 1. The molecular weight excluding hydrogens is 554 g/mol. The van der Waals surface area contributed by atoms with Crippen LogP contribution in [0.2, 0.25) is 0 Å². The molecule has 0 amide bonds. The largest absolute Gasteiger partial charge is 0.494 e. The average molecular weight is 600 g/mol. The number of aliphatic hydroxyl groups excluding tert-OH is 1. The molecule has 1 N–H and O–H groups in total. The van der Waals surface area contributed by atoms with Crippen LogP contribution in [0.1, 0.15) is 41.9 Å². The maximum atomic E-state index is 9.86. The summed E-state index contributed by atoms with van der Waals surface area (Å²) in [5, 5.41) is 12.1. The number of likely N-dealkylation sites (tertiary alicyclic amines) is 1. The number of nitrogens with zero attached hydrogens (tertiary/aromatic N) is 1. The first-order valence-corrected chi connectivity index (χ1v) is 15.7. The Labute approximate surface area is 261 Å². The highest BCUT2D eigenvalue weighted by Crippen LogP contribution is 2.33. The van der Waals surface area contributed by atoms with Crippen LogP contribution in [0, 0.1) is 0 Å². The molecule has 4 aromatic carbocycles. The van der Waals surface area contributed by atoms with Gasteiger partial charge in [-0.05, 0) is 52.8 Å². The van der Waals surface area contributed by atoms with Crippen LogP contribution in [-0.4, -0.2) is 69.5 Å². The van der Waals surface area contributed by atoms with E-state index in [1.165, 1.54) is 11.1 Å². The molecule has 1 saturated heterocycles. The van der Waals surface area contributed by atoms with Gasteiger partial charge in [0.15, 0.2) is 0 Å². The fourth-order valence-electron chi connectivity index (χ4n) is 5.68. The summed E-state index contributed by atoms with van der Waals surface area (Å²) in [7, 11) is 1.71. The van der Waals surface area contributed by atoms with E-state index < -0.39 is 0 Å². The molecule has 4 aromatic rings. The first-order valence-electron chi connectivity index (χ1n) is 15.7. The molecule has 0 aromatic heterocycles. The van der Waals surface area contributed by atoms with Crippen molar-refractivity contribution < 1.29 is 28.8 Å². The van der Waals surface area contributed by atoms with Gasteiger partial charge < -0.3 is 28.8 Å². The molecule has 0 saturated carbocycles. The SMILES string of the molecule is COCCCOc1cccc2ccc(COC3CN(CO)CCC3c3ccc(OCCCOCc4ccccc4)cc3)cc12. The quantitative estimate of drug-likeness (QED) is 0.138. The van der Waals surface area contributed by atoms with Crippen LogP contribution in [0.5, 0.6) is 11.5 Å². The van der Waals surface area contributed by atoms with Crippen LogP contribution in [0.4, 0.5) is 0 Å². The zero-order chi connectivity index (χ0) is 30.4. The van der Waals surface area contributed by atoms with Gasteiger partial charge in [0.05, 0.1) is 45.9 Å². The molecule has 1 aliphatic heterocycles. The smallest absolute Gasteiger partial charge is 0.127 e. The predicted molar refractivity (Wildman–Crippen MR) is 173 cm³/mol. The summed E-state index contributed by atoms with van der Waals surface area (Å²) < 4.78 is 29.5. The third-order valence-corrected chi connectivity index (χ3v) is 8.09. The van der Waals surface area contributed by atoms with Crippen molar-refractivity contribution in [1.82, 2.24) is 4.90 Å². The summed E-state index contributed by atoms with van der Waals surface area (Å²) in [6.45, 7) is 5.23. The molecule has 1 aliphatic rings. The molecule has 0 bridgehead atoms. The third kappa shape index (κ3) is 9.27. The second kappa shape index (κ2) is 17.1. The maximum Gasteiger partial charge on any atom is 0.127 e. The maximum absolute atomic E-state index is 9.86. The summed E-state index contributed by atoms with van der Waals surface area (Å²) in [5.74, 6) is 1.97. The van der Waals surface area contributed by atoms with Crippen LogP contribution < -0.4 is 9.47 Å². The lowest BCUT2D eigenvalue weighted by Crippen LogP contribution is -2.44. The van der Waals surface area contributed by atoms with Gasteiger partial charge in [0.1, 0.15) is 11.5 Å². The Morgan fingerprint density at radius 3 is 2.41 bits per heavy atom.